The van der Waals surface area contributed by atoms with Gasteiger partial charge in [-0.25, -0.2) is 0 Å². The van der Waals surface area contributed by atoms with Crippen LogP contribution in [0.2, 0.25) is 0 Å². The fraction of sp³-hybridized carbons (Fsp3) is 0. The van der Waals surface area contributed by atoms with Crippen molar-refractivity contribution in [3.05, 3.63) is 43.0 Å². The molecule has 0 fully saturated rings. The number of nitrogens with zero attached hydrogens (tertiary/aromatic N) is 4. The summed E-state index contributed by atoms with van der Waals surface area (Å²) in [4.78, 5) is 12.9. The molecule has 3 aromatic rings. The summed E-state index contributed by atoms with van der Waals surface area (Å²) in [5, 5.41) is 1.04. The van der Waals surface area contributed by atoms with Crippen molar-refractivity contribution < 1.29 is 0 Å². The van der Waals surface area contributed by atoms with Gasteiger partial charge in [-0.1, -0.05) is 0 Å². The molecule has 1 aromatic carbocycles. The minimum atomic E-state index is 0.888. The predicted molar refractivity (Wildman–Crippen MR) is 61.9 cm³/mol. The van der Waals surface area contributed by atoms with Gasteiger partial charge in [-0.05, 0) is 0 Å². The maximum atomic E-state index is 4.33. The summed E-state index contributed by atoms with van der Waals surface area (Å²) in [6, 6.07) is 7.96. The third kappa shape index (κ3) is 1.45. The van der Waals surface area contributed by atoms with Gasteiger partial charge < -0.3 is 0 Å². The molecule has 0 saturated heterocycles. The van der Waals surface area contributed by atoms with Crippen LogP contribution in [-0.2, 0) is 0 Å². The zero-order valence-corrected chi connectivity index (χ0v) is 10.8. The van der Waals surface area contributed by atoms with Gasteiger partial charge in [-0.15, -0.1) is 0 Å². The number of rotatable bonds is 1. The van der Waals surface area contributed by atoms with Gasteiger partial charge in [0.05, 0.1) is 0 Å². The second-order valence-electron chi connectivity index (χ2n) is 3.40. The monoisotopic (exact) mass is 264 g/mol. The predicted octanol–water partition coefficient (Wildman–Crippen LogP) is 1.42. The summed E-state index contributed by atoms with van der Waals surface area (Å²) in [6.07, 6.45) is 5.31. The van der Waals surface area contributed by atoms with Crippen molar-refractivity contribution in [2.75, 3.05) is 0 Å². The maximum absolute atomic E-state index is 4.33. The molecule has 0 aliphatic carbocycles. The quantitative estimate of drug-likeness (QED) is 0.625. The van der Waals surface area contributed by atoms with Gasteiger partial charge in [-0.3, -0.25) is 0 Å². The van der Waals surface area contributed by atoms with E-state index in [1.54, 1.807) is 12.5 Å². The van der Waals surface area contributed by atoms with Crippen molar-refractivity contribution in [2.45, 2.75) is 0 Å². The summed E-state index contributed by atoms with van der Waals surface area (Å²) in [5.41, 5.74) is 1.84. The molecule has 0 unspecified atom stereocenters. The van der Waals surface area contributed by atoms with Gasteiger partial charge in [0.25, 0.3) is 0 Å². The Balaban J connectivity index is 2.36. The van der Waals surface area contributed by atoms with E-state index in [-0.39, 0.29) is 0 Å². The fourth-order valence-electron chi connectivity index (χ4n) is 1.68. The third-order valence-electron chi connectivity index (χ3n) is 2.42. The Kier molecular flexibility index (Phi) is 2.26. The molecular formula is C11H7GaN4. The normalized spacial score (nSPS) is 10.8. The van der Waals surface area contributed by atoms with Crippen molar-refractivity contribution in [1.82, 2.24) is 18.2 Å². The molecule has 3 rings (SSSR count). The van der Waals surface area contributed by atoms with Crippen LogP contribution < -0.4 is 0 Å². The van der Waals surface area contributed by atoms with E-state index in [2.05, 4.69) is 15.0 Å². The Hall–Kier alpha value is -1.59. The molecule has 2 aromatic heterocycles. The van der Waals surface area contributed by atoms with Crippen LogP contribution in [0.1, 0.15) is 0 Å². The van der Waals surface area contributed by atoms with Crippen LogP contribution in [0.5, 0.6) is 0 Å². The number of hydrogen-bond acceptors (Lipinski definition) is 3. The van der Waals surface area contributed by atoms with Crippen LogP contribution in [0.25, 0.3) is 22.4 Å². The van der Waals surface area contributed by atoms with E-state index in [0.29, 0.717) is 0 Å². The van der Waals surface area contributed by atoms with E-state index in [1.807, 2.05) is 33.7 Å². The number of fused-ring (bicyclic) bond motifs is 1. The van der Waals surface area contributed by atoms with Gasteiger partial charge in [0.2, 0.25) is 0 Å². The number of imidazole rings is 1. The number of benzene rings is 1. The molecule has 0 aliphatic rings. The van der Waals surface area contributed by atoms with Crippen LogP contribution in [0.3, 0.4) is 0 Å². The van der Waals surface area contributed by atoms with E-state index in [4.69, 9.17) is 0 Å². The van der Waals surface area contributed by atoms with Crippen molar-refractivity contribution in [2.24, 2.45) is 0 Å². The molecule has 2 heterocycles. The van der Waals surface area contributed by atoms with Crippen molar-refractivity contribution in [3.8, 4) is 11.5 Å². The molecular weight excluding hydrogens is 258 g/mol. The van der Waals surface area contributed by atoms with Gasteiger partial charge >= 0.3 is 102 Å². The summed E-state index contributed by atoms with van der Waals surface area (Å²) in [6.45, 7) is 0. The molecule has 0 saturated carbocycles. The molecule has 2 radical (unpaired) electrons. The van der Waals surface area contributed by atoms with Gasteiger partial charge in [-0.2, -0.15) is 0 Å². The first kappa shape index (κ1) is 9.62. The van der Waals surface area contributed by atoms with Crippen LogP contribution in [0, 0.1) is 0 Å². The number of aromatic nitrogens is 4. The van der Waals surface area contributed by atoms with Gasteiger partial charge in [0.1, 0.15) is 0 Å². The van der Waals surface area contributed by atoms with E-state index in [1.165, 1.54) is 18.8 Å². The Morgan fingerprint density at radius 1 is 1.06 bits per heavy atom. The average Bonchev–Trinajstić information content (AvgIpc) is 2.75. The molecule has 0 bridgehead atoms. The van der Waals surface area contributed by atoms with Gasteiger partial charge in [0, 0.05) is 0 Å². The number of para-hydroxylation sites is 1. The Morgan fingerprint density at radius 3 is 2.75 bits per heavy atom. The summed E-state index contributed by atoms with van der Waals surface area (Å²) in [7, 11) is 0. The molecule has 74 valence electrons. The topological polar surface area (TPSA) is 43.6 Å². The molecule has 0 atom stereocenters. The van der Waals surface area contributed by atoms with Crippen molar-refractivity contribution in [3.63, 3.8) is 0 Å². The third-order valence-corrected chi connectivity index (χ3v) is 3.30. The zero-order chi connectivity index (χ0) is 11.0. The first-order valence-corrected chi connectivity index (χ1v) is 5.93. The minimum absolute atomic E-state index is 0.888. The van der Waals surface area contributed by atoms with E-state index in [9.17, 15) is 0 Å². The molecule has 4 nitrogen and oxygen atoms in total. The summed E-state index contributed by atoms with van der Waals surface area (Å²) >= 11 is 1.48. The summed E-state index contributed by atoms with van der Waals surface area (Å²) < 4.78 is 2.02. The Morgan fingerprint density at radius 2 is 1.94 bits per heavy atom. The first-order valence-electron chi connectivity index (χ1n) is 4.85. The first-order chi connectivity index (χ1) is 7.86. The van der Waals surface area contributed by atoms with Crippen LogP contribution in [-0.4, -0.2) is 37.1 Å². The molecule has 0 N–H and O–H groups in total. The Bertz CT molecular complexity index is 642. The van der Waals surface area contributed by atoms with Crippen LogP contribution in [0.15, 0.2) is 43.0 Å². The zero-order valence-electron chi connectivity index (χ0n) is 8.41. The summed E-state index contributed by atoms with van der Waals surface area (Å²) in [5.74, 6) is 0.888. The number of hydrogen-bond donors (Lipinski definition) is 0. The molecule has 0 aliphatic heterocycles. The van der Waals surface area contributed by atoms with Gasteiger partial charge in [0.15, 0.2) is 0 Å². The van der Waals surface area contributed by atoms with E-state index < -0.39 is 0 Å². The van der Waals surface area contributed by atoms with Crippen molar-refractivity contribution >= 4 is 29.7 Å². The molecule has 16 heavy (non-hydrogen) atoms. The Labute approximate surface area is 103 Å². The molecule has 5 heteroatoms. The van der Waals surface area contributed by atoms with Crippen LogP contribution in [0.4, 0.5) is 0 Å². The second kappa shape index (κ2) is 3.77. The SMILES string of the molecule is [Ga][n]1ccnc1-c1ncnc2ccccc12. The van der Waals surface area contributed by atoms with E-state index >= 15 is 0 Å². The van der Waals surface area contributed by atoms with E-state index in [0.717, 1.165) is 22.4 Å². The van der Waals surface area contributed by atoms with Crippen molar-refractivity contribution in [1.29, 1.82) is 0 Å². The van der Waals surface area contributed by atoms with Crippen LogP contribution >= 0.6 is 0 Å². The standard InChI is InChI=1S/C11H7N4.Ga/c1-2-4-9-8(3-1)10(15-7-14-9)11-12-5-6-13-11;/h1-7H;/q-1;+1. The molecule has 0 amide bonds. The average molecular weight is 265 g/mol. The second-order valence-corrected chi connectivity index (χ2v) is 4.56. The fourth-order valence-corrected chi connectivity index (χ4v) is 2.24. The molecule has 0 spiro atoms.